The van der Waals surface area contributed by atoms with E-state index < -0.39 is 34.8 Å². The number of allylic oxidation sites excluding steroid dienone is 1. The fourth-order valence-corrected chi connectivity index (χ4v) is 6.07. The lowest BCUT2D eigenvalue weighted by Crippen LogP contribution is -2.38. The van der Waals surface area contributed by atoms with Gasteiger partial charge in [0.25, 0.3) is 5.91 Å². The van der Waals surface area contributed by atoms with Crippen molar-refractivity contribution in [2.75, 3.05) is 40.5 Å². The lowest BCUT2D eigenvalue weighted by atomic mass is 9.92. The van der Waals surface area contributed by atoms with Crippen LogP contribution in [0.3, 0.4) is 0 Å². The van der Waals surface area contributed by atoms with Crippen molar-refractivity contribution in [3.63, 3.8) is 0 Å². The second-order valence-electron chi connectivity index (χ2n) is 10.0. The number of carbonyl (C=O) groups is 2. The van der Waals surface area contributed by atoms with E-state index in [9.17, 15) is 27.5 Å². The van der Waals surface area contributed by atoms with Crippen LogP contribution in [0.2, 0.25) is 0 Å². The maximum absolute atomic E-state index is 13.3. The van der Waals surface area contributed by atoms with Crippen LogP contribution in [0.1, 0.15) is 33.8 Å². The summed E-state index contributed by atoms with van der Waals surface area (Å²) in [5.74, 6) is -1.25. The number of carbonyl (C=O) groups excluding carboxylic acids is 2. The molecule has 13 heteroatoms. The van der Waals surface area contributed by atoms with Crippen molar-refractivity contribution in [3.8, 4) is 5.75 Å². The van der Waals surface area contributed by atoms with Crippen LogP contribution in [0.4, 0.5) is 4.39 Å². The van der Waals surface area contributed by atoms with Crippen molar-refractivity contribution in [3.05, 3.63) is 107 Å². The molecule has 1 amide bonds. The van der Waals surface area contributed by atoms with Gasteiger partial charge in [0.05, 0.1) is 37.9 Å². The van der Waals surface area contributed by atoms with E-state index >= 15 is 0 Å². The van der Waals surface area contributed by atoms with Gasteiger partial charge in [0.2, 0.25) is 16.3 Å². The van der Waals surface area contributed by atoms with Crippen LogP contribution < -0.4 is 10.1 Å². The highest BCUT2D eigenvalue weighted by atomic mass is 32.2. The number of aliphatic hydroxyl groups is 1. The lowest BCUT2D eigenvalue weighted by molar-refractivity contribution is -0.146. The van der Waals surface area contributed by atoms with Crippen molar-refractivity contribution in [1.29, 1.82) is 0 Å². The number of nitrogens with zero attached hydrogens (tertiary/aromatic N) is 1. The standard InChI is InChI=1S/C32H35FN2O9S/c1-41-27-11-13-28(14-12-27)45(39,40)35(15-17-36)16-18-43-30-20-25(23-5-7-24(8-6-23)32(38)42-2)19-29(44-30)31(37)34-21-22-3-9-26(33)10-4-22/h3-14,19,25,30,36H,15-18,20-21H2,1-2H3,(H,34,37)/t25-,30+/m0/s1. The third kappa shape index (κ3) is 8.88. The Morgan fingerprint density at radius 1 is 1.00 bits per heavy atom. The Balaban J connectivity index is 1.47. The first-order valence-corrected chi connectivity index (χ1v) is 15.5. The monoisotopic (exact) mass is 642 g/mol. The van der Waals surface area contributed by atoms with Gasteiger partial charge in [-0.1, -0.05) is 24.3 Å². The summed E-state index contributed by atoms with van der Waals surface area (Å²) in [6.07, 6.45) is 1.02. The van der Waals surface area contributed by atoms with E-state index in [4.69, 9.17) is 18.9 Å². The molecule has 1 aliphatic rings. The third-order valence-electron chi connectivity index (χ3n) is 7.10. The Morgan fingerprint density at radius 3 is 2.31 bits per heavy atom. The van der Waals surface area contributed by atoms with Gasteiger partial charge >= 0.3 is 5.97 Å². The summed E-state index contributed by atoms with van der Waals surface area (Å²) >= 11 is 0. The van der Waals surface area contributed by atoms with Gasteiger partial charge in [-0.15, -0.1) is 0 Å². The number of methoxy groups -OCH3 is 2. The first-order valence-electron chi connectivity index (χ1n) is 14.1. The zero-order chi connectivity index (χ0) is 32.4. The molecule has 0 radical (unpaired) electrons. The minimum absolute atomic E-state index is 0.00604. The smallest absolute Gasteiger partial charge is 0.337 e. The second-order valence-corrected chi connectivity index (χ2v) is 12.0. The molecule has 0 spiro atoms. The van der Waals surface area contributed by atoms with Gasteiger partial charge in [0.15, 0.2) is 5.76 Å². The number of esters is 1. The van der Waals surface area contributed by atoms with E-state index in [1.54, 1.807) is 42.5 Å². The number of halogens is 1. The molecule has 1 aliphatic heterocycles. The summed E-state index contributed by atoms with van der Waals surface area (Å²) in [7, 11) is -1.19. The van der Waals surface area contributed by atoms with Crippen molar-refractivity contribution in [2.45, 2.75) is 30.1 Å². The molecular weight excluding hydrogens is 607 g/mol. The molecule has 0 aromatic heterocycles. The van der Waals surface area contributed by atoms with E-state index in [0.717, 1.165) is 9.87 Å². The summed E-state index contributed by atoms with van der Waals surface area (Å²) in [6.45, 7) is -0.625. The molecule has 0 bridgehead atoms. The largest absolute Gasteiger partial charge is 0.497 e. The number of nitrogens with one attached hydrogen (secondary N) is 1. The summed E-state index contributed by atoms with van der Waals surface area (Å²) in [6, 6.07) is 18.3. The van der Waals surface area contributed by atoms with Gasteiger partial charge in [-0.3, -0.25) is 4.79 Å². The van der Waals surface area contributed by atoms with Crippen LogP contribution in [-0.2, 0) is 35.6 Å². The van der Waals surface area contributed by atoms with Crippen molar-refractivity contribution >= 4 is 21.9 Å². The molecule has 11 nitrogen and oxygen atoms in total. The fraction of sp³-hybridized carbons (Fsp3) is 0.312. The number of aliphatic hydroxyl groups excluding tert-OH is 1. The van der Waals surface area contributed by atoms with Crippen LogP contribution in [0, 0.1) is 5.82 Å². The molecule has 4 rings (SSSR count). The Kier molecular flexibility index (Phi) is 11.7. The number of ether oxygens (including phenoxy) is 4. The van der Waals surface area contributed by atoms with Crippen LogP contribution in [0.25, 0.3) is 0 Å². The molecule has 2 atom stereocenters. The van der Waals surface area contributed by atoms with E-state index in [1.807, 2.05) is 0 Å². The fourth-order valence-electron chi connectivity index (χ4n) is 4.65. The normalized spacial score (nSPS) is 16.4. The highest BCUT2D eigenvalue weighted by Gasteiger charge is 2.30. The number of hydrogen-bond acceptors (Lipinski definition) is 9. The molecule has 0 saturated carbocycles. The number of amides is 1. The van der Waals surface area contributed by atoms with E-state index in [-0.39, 0.29) is 55.1 Å². The van der Waals surface area contributed by atoms with E-state index in [0.29, 0.717) is 16.9 Å². The van der Waals surface area contributed by atoms with Gasteiger partial charge in [-0.2, -0.15) is 4.31 Å². The lowest BCUT2D eigenvalue weighted by Gasteiger charge is -2.30. The molecule has 45 heavy (non-hydrogen) atoms. The topological polar surface area (TPSA) is 141 Å². The van der Waals surface area contributed by atoms with E-state index in [2.05, 4.69) is 5.32 Å². The molecule has 0 unspecified atom stereocenters. The predicted molar refractivity (Wildman–Crippen MR) is 161 cm³/mol. The quantitative estimate of drug-likeness (QED) is 0.253. The van der Waals surface area contributed by atoms with Gasteiger partial charge in [-0.05, 0) is 65.7 Å². The van der Waals surface area contributed by atoms with Crippen molar-refractivity contribution < 1.29 is 46.5 Å². The number of benzene rings is 3. The Morgan fingerprint density at radius 2 is 1.69 bits per heavy atom. The van der Waals surface area contributed by atoms with Crippen LogP contribution >= 0.6 is 0 Å². The maximum atomic E-state index is 13.3. The van der Waals surface area contributed by atoms with Crippen molar-refractivity contribution in [1.82, 2.24) is 9.62 Å². The van der Waals surface area contributed by atoms with Gasteiger partial charge in [0.1, 0.15) is 11.6 Å². The van der Waals surface area contributed by atoms with Crippen LogP contribution in [0.15, 0.2) is 89.5 Å². The predicted octanol–water partition coefficient (Wildman–Crippen LogP) is 3.35. The molecule has 0 fully saturated rings. The Bertz CT molecular complexity index is 1580. The first-order chi connectivity index (χ1) is 21.6. The highest BCUT2D eigenvalue weighted by Crippen LogP contribution is 2.32. The summed E-state index contributed by atoms with van der Waals surface area (Å²) in [5.41, 5.74) is 1.84. The average molecular weight is 643 g/mol. The minimum Gasteiger partial charge on any atom is -0.497 e. The summed E-state index contributed by atoms with van der Waals surface area (Å²) < 4.78 is 62.6. The highest BCUT2D eigenvalue weighted by molar-refractivity contribution is 7.89. The maximum Gasteiger partial charge on any atom is 0.337 e. The minimum atomic E-state index is -3.96. The molecule has 0 saturated heterocycles. The first kappa shape index (κ1) is 33.6. The van der Waals surface area contributed by atoms with Crippen LogP contribution in [0.5, 0.6) is 5.75 Å². The summed E-state index contributed by atoms with van der Waals surface area (Å²) in [4.78, 5) is 25.1. The third-order valence-corrected chi connectivity index (χ3v) is 9.01. The number of sulfonamides is 1. The molecule has 3 aromatic carbocycles. The van der Waals surface area contributed by atoms with Gasteiger partial charge < -0.3 is 29.4 Å². The molecule has 240 valence electrons. The zero-order valence-corrected chi connectivity index (χ0v) is 25.7. The second kappa shape index (κ2) is 15.6. The molecule has 1 heterocycles. The van der Waals surface area contributed by atoms with Gasteiger partial charge in [0, 0.05) is 32.0 Å². The van der Waals surface area contributed by atoms with Crippen molar-refractivity contribution in [2.24, 2.45) is 0 Å². The molecule has 3 aromatic rings. The number of rotatable bonds is 14. The molecular formula is C32H35FN2O9S. The summed E-state index contributed by atoms with van der Waals surface area (Å²) in [5, 5.41) is 12.3. The molecule has 2 N–H and O–H groups in total. The zero-order valence-electron chi connectivity index (χ0n) is 24.8. The van der Waals surface area contributed by atoms with Gasteiger partial charge in [-0.25, -0.2) is 17.6 Å². The Labute approximate surface area is 261 Å². The van der Waals surface area contributed by atoms with Crippen LogP contribution in [-0.4, -0.2) is 76.5 Å². The number of hydrogen-bond donors (Lipinski definition) is 2. The molecule has 0 aliphatic carbocycles. The average Bonchev–Trinajstić information content (AvgIpc) is 3.07. The SMILES string of the molecule is COC(=O)c1ccc([C@H]2C=C(C(=O)NCc3ccc(F)cc3)O[C@@H](OCCN(CCO)S(=O)(=O)c3ccc(OC)cc3)C2)cc1. The Hall–Kier alpha value is -4.30. The van der Waals surface area contributed by atoms with E-state index in [1.165, 1.54) is 50.6 Å².